The normalized spacial score (nSPS) is 12.3. The van der Waals surface area contributed by atoms with Gasteiger partial charge in [-0.05, 0) is 50.1 Å². The van der Waals surface area contributed by atoms with Crippen molar-refractivity contribution >= 4 is 11.6 Å². The summed E-state index contributed by atoms with van der Waals surface area (Å²) in [5.74, 6) is 0.692. The summed E-state index contributed by atoms with van der Waals surface area (Å²) in [5.41, 5.74) is 4.05. The molecule has 3 aromatic rings. The molecule has 2 heterocycles. The summed E-state index contributed by atoms with van der Waals surface area (Å²) < 4.78 is 7.45. The summed E-state index contributed by atoms with van der Waals surface area (Å²) in [5, 5.41) is 2.99. The lowest BCUT2D eigenvalue weighted by atomic mass is 9.92. The number of amides is 1. The predicted molar refractivity (Wildman–Crippen MR) is 103 cm³/mol. The molecule has 3 rings (SSSR count). The summed E-state index contributed by atoms with van der Waals surface area (Å²) in [7, 11) is 1.65. The fourth-order valence-corrected chi connectivity index (χ4v) is 3.25. The molecule has 2 aromatic heterocycles. The van der Waals surface area contributed by atoms with E-state index in [-0.39, 0.29) is 17.9 Å². The van der Waals surface area contributed by atoms with Crippen LogP contribution in [0, 0.1) is 6.92 Å². The van der Waals surface area contributed by atoms with Gasteiger partial charge in [0.25, 0.3) is 0 Å². The number of nitrogens with zero attached hydrogens (tertiary/aromatic N) is 2. The number of aromatic nitrogens is 2. The molecule has 1 atom stereocenters. The highest BCUT2D eigenvalue weighted by molar-refractivity contribution is 5.77. The molecule has 0 aliphatic rings. The molecule has 5 heteroatoms. The second-order valence-electron chi connectivity index (χ2n) is 6.82. The van der Waals surface area contributed by atoms with Gasteiger partial charge in [0.15, 0.2) is 0 Å². The van der Waals surface area contributed by atoms with Crippen molar-refractivity contribution in [2.24, 2.45) is 0 Å². The van der Waals surface area contributed by atoms with Gasteiger partial charge in [-0.15, -0.1) is 0 Å². The Hall–Kier alpha value is -2.82. The molecule has 26 heavy (non-hydrogen) atoms. The van der Waals surface area contributed by atoms with E-state index in [0.717, 1.165) is 28.2 Å². The van der Waals surface area contributed by atoms with E-state index in [9.17, 15) is 4.79 Å². The minimum Gasteiger partial charge on any atom is -0.497 e. The van der Waals surface area contributed by atoms with Crippen molar-refractivity contribution in [2.75, 3.05) is 7.11 Å². The zero-order valence-corrected chi connectivity index (χ0v) is 15.7. The minimum atomic E-state index is -0.111. The van der Waals surface area contributed by atoms with Crippen molar-refractivity contribution in [1.82, 2.24) is 14.7 Å². The topological polar surface area (TPSA) is 55.6 Å². The van der Waals surface area contributed by atoms with Crippen molar-refractivity contribution in [3.05, 3.63) is 65.6 Å². The highest BCUT2D eigenvalue weighted by atomic mass is 16.5. The number of carbonyl (C=O) groups is 1. The summed E-state index contributed by atoms with van der Waals surface area (Å²) in [6, 6.07) is 12.0. The molecule has 0 bridgehead atoms. The van der Waals surface area contributed by atoms with Gasteiger partial charge in [0.05, 0.1) is 12.8 Å². The molecule has 0 fully saturated rings. The maximum Gasteiger partial charge on any atom is 0.221 e. The summed E-state index contributed by atoms with van der Waals surface area (Å²) in [6.45, 7) is 5.98. The molecule has 0 saturated carbocycles. The maximum atomic E-state index is 12.5. The third-order valence-electron chi connectivity index (χ3n) is 4.45. The molecule has 0 aliphatic heterocycles. The molecule has 0 saturated heterocycles. The number of nitrogens with one attached hydrogen (secondary N) is 1. The molecule has 5 nitrogen and oxygen atoms in total. The van der Waals surface area contributed by atoms with Gasteiger partial charge in [-0.25, -0.2) is 4.98 Å². The quantitative estimate of drug-likeness (QED) is 0.737. The van der Waals surface area contributed by atoms with Crippen LogP contribution in [0.1, 0.15) is 43.0 Å². The number of hydrogen-bond donors (Lipinski definition) is 1. The van der Waals surface area contributed by atoms with Crippen molar-refractivity contribution in [3.63, 3.8) is 0 Å². The van der Waals surface area contributed by atoms with Crippen LogP contribution in [0.5, 0.6) is 5.75 Å². The van der Waals surface area contributed by atoms with Crippen molar-refractivity contribution in [1.29, 1.82) is 0 Å². The van der Waals surface area contributed by atoms with E-state index in [4.69, 9.17) is 4.74 Å². The van der Waals surface area contributed by atoms with Crippen LogP contribution in [-0.2, 0) is 4.79 Å². The largest absolute Gasteiger partial charge is 0.497 e. The van der Waals surface area contributed by atoms with Crippen LogP contribution in [0.15, 0.2) is 48.8 Å². The standard InChI is InChI=1S/C21H25N3O2/c1-14(2)23-20(25)12-18(16-8-5-9-17(11-16)26-4)19-13-22-21-15(3)7-6-10-24(19)21/h5-11,13-14,18H,12H2,1-4H3,(H,23,25)/t18-/m1/s1. The molecule has 1 aromatic carbocycles. The second-order valence-corrected chi connectivity index (χ2v) is 6.82. The van der Waals surface area contributed by atoms with Gasteiger partial charge in [-0.1, -0.05) is 18.2 Å². The Labute approximate surface area is 154 Å². The van der Waals surface area contributed by atoms with E-state index in [0.29, 0.717) is 6.42 Å². The van der Waals surface area contributed by atoms with Crippen LogP contribution in [0.2, 0.25) is 0 Å². The number of methoxy groups -OCH3 is 1. The number of pyridine rings is 1. The highest BCUT2D eigenvalue weighted by Crippen LogP contribution is 2.31. The van der Waals surface area contributed by atoms with E-state index in [1.807, 2.05) is 69.6 Å². The Balaban J connectivity index is 2.07. The van der Waals surface area contributed by atoms with Crippen molar-refractivity contribution < 1.29 is 9.53 Å². The van der Waals surface area contributed by atoms with Crippen LogP contribution < -0.4 is 10.1 Å². The lowest BCUT2D eigenvalue weighted by Gasteiger charge is -2.19. The summed E-state index contributed by atoms with van der Waals surface area (Å²) in [4.78, 5) is 17.1. The van der Waals surface area contributed by atoms with Crippen LogP contribution in [-0.4, -0.2) is 28.4 Å². The van der Waals surface area contributed by atoms with E-state index < -0.39 is 0 Å². The van der Waals surface area contributed by atoms with Gasteiger partial charge in [0.1, 0.15) is 11.4 Å². The molecule has 1 N–H and O–H groups in total. The van der Waals surface area contributed by atoms with Gasteiger partial charge in [-0.3, -0.25) is 4.79 Å². The summed E-state index contributed by atoms with van der Waals surface area (Å²) >= 11 is 0. The van der Waals surface area contributed by atoms with Crippen LogP contribution >= 0.6 is 0 Å². The molecule has 0 spiro atoms. The molecule has 136 valence electrons. The van der Waals surface area contributed by atoms with Crippen LogP contribution in [0.3, 0.4) is 0 Å². The van der Waals surface area contributed by atoms with Crippen LogP contribution in [0.25, 0.3) is 5.65 Å². The second kappa shape index (κ2) is 7.60. The first-order chi connectivity index (χ1) is 12.5. The number of fused-ring (bicyclic) bond motifs is 1. The number of aryl methyl sites for hydroxylation is 1. The first kappa shape index (κ1) is 18.0. The molecular weight excluding hydrogens is 326 g/mol. The number of rotatable bonds is 6. The SMILES string of the molecule is COc1cccc([C@@H](CC(=O)NC(C)C)c2cnc3c(C)cccn23)c1. The fraction of sp³-hybridized carbons (Fsp3) is 0.333. The van der Waals surface area contributed by atoms with Gasteiger partial charge in [0.2, 0.25) is 5.91 Å². The number of imidazole rings is 1. The van der Waals surface area contributed by atoms with E-state index >= 15 is 0 Å². The maximum absolute atomic E-state index is 12.5. The lowest BCUT2D eigenvalue weighted by Crippen LogP contribution is -2.31. The zero-order chi connectivity index (χ0) is 18.7. The Kier molecular flexibility index (Phi) is 5.26. The van der Waals surface area contributed by atoms with Gasteiger partial charge >= 0.3 is 0 Å². The zero-order valence-electron chi connectivity index (χ0n) is 15.7. The van der Waals surface area contributed by atoms with E-state index in [1.165, 1.54) is 0 Å². The molecular formula is C21H25N3O2. The van der Waals surface area contributed by atoms with Gasteiger partial charge in [0, 0.05) is 30.8 Å². The van der Waals surface area contributed by atoms with Gasteiger partial charge < -0.3 is 14.5 Å². The molecule has 0 radical (unpaired) electrons. The Morgan fingerprint density at radius 2 is 2.08 bits per heavy atom. The third-order valence-corrected chi connectivity index (χ3v) is 4.45. The third kappa shape index (κ3) is 3.72. The Morgan fingerprint density at radius 1 is 1.27 bits per heavy atom. The number of benzene rings is 1. The van der Waals surface area contributed by atoms with E-state index in [2.05, 4.69) is 14.7 Å². The molecule has 0 aliphatic carbocycles. The Bertz CT molecular complexity index is 915. The highest BCUT2D eigenvalue weighted by Gasteiger charge is 2.23. The number of hydrogen-bond acceptors (Lipinski definition) is 3. The number of ether oxygens (including phenoxy) is 1. The first-order valence-corrected chi connectivity index (χ1v) is 8.85. The van der Waals surface area contributed by atoms with Gasteiger partial charge in [-0.2, -0.15) is 0 Å². The van der Waals surface area contributed by atoms with Crippen molar-refractivity contribution in [2.45, 2.75) is 39.2 Å². The van der Waals surface area contributed by atoms with E-state index in [1.54, 1.807) is 7.11 Å². The number of carbonyl (C=O) groups excluding carboxylic acids is 1. The average Bonchev–Trinajstić information content (AvgIpc) is 3.04. The summed E-state index contributed by atoms with van der Waals surface area (Å²) in [6.07, 6.45) is 4.22. The fourth-order valence-electron chi connectivity index (χ4n) is 3.25. The smallest absolute Gasteiger partial charge is 0.221 e. The first-order valence-electron chi connectivity index (χ1n) is 8.85. The predicted octanol–water partition coefficient (Wildman–Crippen LogP) is 3.70. The minimum absolute atomic E-state index is 0.0235. The monoisotopic (exact) mass is 351 g/mol. The average molecular weight is 351 g/mol. The Morgan fingerprint density at radius 3 is 2.81 bits per heavy atom. The molecule has 0 unspecified atom stereocenters. The lowest BCUT2D eigenvalue weighted by molar-refractivity contribution is -0.121. The van der Waals surface area contributed by atoms with Crippen molar-refractivity contribution in [3.8, 4) is 5.75 Å². The molecule has 1 amide bonds. The van der Waals surface area contributed by atoms with Crippen LogP contribution in [0.4, 0.5) is 0 Å².